The lowest BCUT2D eigenvalue weighted by Crippen LogP contribution is -2.30. The molecule has 2 heterocycles. The van der Waals surface area contributed by atoms with Crippen molar-refractivity contribution >= 4 is 30.7 Å². The van der Waals surface area contributed by atoms with Crippen molar-refractivity contribution in [3.63, 3.8) is 0 Å². The molecule has 0 aromatic carbocycles. The molecule has 1 aromatic heterocycles. The highest BCUT2D eigenvalue weighted by atomic mass is 35.5. The van der Waals surface area contributed by atoms with Crippen LogP contribution in [-0.4, -0.2) is 42.5 Å². The largest absolute Gasteiger partial charge is 0.352 e. The van der Waals surface area contributed by atoms with Crippen LogP contribution in [0.1, 0.15) is 22.5 Å². The summed E-state index contributed by atoms with van der Waals surface area (Å²) in [5.74, 6) is 0.524. The lowest BCUT2D eigenvalue weighted by molar-refractivity contribution is 0.0947. The number of carbonyl (C=O) groups excluding carboxylic acids is 1. The summed E-state index contributed by atoms with van der Waals surface area (Å²) in [5, 5.41) is 2.98. The van der Waals surface area contributed by atoms with Crippen LogP contribution < -0.4 is 11.1 Å². The molecule has 0 bridgehead atoms. The van der Waals surface area contributed by atoms with E-state index in [0.29, 0.717) is 18.0 Å². The Morgan fingerprint density at radius 2 is 2.30 bits per heavy atom. The van der Waals surface area contributed by atoms with Gasteiger partial charge in [-0.2, -0.15) is 0 Å². The van der Waals surface area contributed by atoms with Gasteiger partial charge in [-0.25, -0.2) is 0 Å². The lowest BCUT2D eigenvalue weighted by atomic mass is 10.1. The van der Waals surface area contributed by atoms with Crippen molar-refractivity contribution < 1.29 is 4.79 Å². The molecule has 1 aliphatic rings. The van der Waals surface area contributed by atoms with Crippen molar-refractivity contribution in [1.82, 2.24) is 15.2 Å². The molecule has 1 saturated heterocycles. The van der Waals surface area contributed by atoms with E-state index in [1.807, 2.05) is 0 Å². The number of likely N-dealkylation sites (tertiary alicyclic amines) is 1. The zero-order valence-electron chi connectivity index (χ0n) is 11.5. The first-order valence-corrected chi connectivity index (χ1v) is 6.31. The van der Waals surface area contributed by atoms with E-state index in [-0.39, 0.29) is 30.7 Å². The maximum Gasteiger partial charge on any atom is 0.251 e. The van der Waals surface area contributed by atoms with Crippen molar-refractivity contribution in [1.29, 1.82) is 0 Å². The predicted molar refractivity (Wildman–Crippen MR) is 84.6 cm³/mol. The number of nitrogens with one attached hydrogen (secondary N) is 1. The molecule has 0 radical (unpaired) electrons. The first-order chi connectivity index (χ1) is 8.69. The molecule has 1 amide bonds. The summed E-state index contributed by atoms with van der Waals surface area (Å²) >= 11 is 0. The van der Waals surface area contributed by atoms with Crippen LogP contribution in [0.5, 0.6) is 0 Å². The first kappa shape index (κ1) is 19.1. The number of hydrogen-bond donors (Lipinski definition) is 2. The Hall–Kier alpha value is -0.880. The molecule has 1 unspecified atom stereocenters. The minimum Gasteiger partial charge on any atom is -0.352 e. The molecule has 5 nitrogen and oxygen atoms in total. The van der Waals surface area contributed by atoms with E-state index in [0.717, 1.165) is 31.7 Å². The topological polar surface area (TPSA) is 71.2 Å². The molecule has 3 N–H and O–H groups in total. The van der Waals surface area contributed by atoms with Crippen molar-refractivity contribution in [3.8, 4) is 0 Å². The third-order valence-electron chi connectivity index (χ3n) is 3.33. The lowest BCUT2D eigenvalue weighted by Gasteiger charge is -2.11. The Labute approximate surface area is 132 Å². The van der Waals surface area contributed by atoms with E-state index in [1.165, 1.54) is 0 Å². The molecule has 7 heteroatoms. The van der Waals surface area contributed by atoms with Crippen molar-refractivity contribution in [2.24, 2.45) is 11.7 Å². The second-order valence-electron chi connectivity index (χ2n) is 4.87. The fourth-order valence-electron chi connectivity index (χ4n) is 2.26. The average Bonchev–Trinajstić information content (AvgIpc) is 2.82. The highest BCUT2D eigenvalue weighted by Gasteiger charge is 2.20. The van der Waals surface area contributed by atoms with E-state index in [2.05, 4.69) is 22.2 Å². The molecule has 114 valence electrons. The third kappa shape index (κ3) is 5.25. The van der Waals surface area contributed by atoms with Gasteiger partial charge >= 0.3 is 0 Å². The quantitative estimate of drug-likeness (QED) is 0.870. The summed E-state index contributed by atoms with van der Waals surface area (Å²) in [6, 6.07) is 3.46. The standard InChI is InChI=1S/C13H20N4O.2ClH/c1-17-5-3-10(9-17)8-16-13(18)11-2-4-15-12(6-11)7-14;;/h2,4,6,10H,3,5,7-9,14H2,1H3,(H,16,18);2*1H. The minimum atomic E-state index is -0.0401. The van der Waals surface area contributed by atoms with Gasteiger partial charge in [0.1, 0.15) is 0 Å². The number of rotatable bonds is 4. The van der Waals surface area contributed by atoms with Crippen LogP contribution in [0.15, 0.2) is 18.3 Å². The number of pyridine rings is 1. The van der Waals surface area contributed by atoms with Gasteiger partial charge in [0.05, 0.1) is 5.69 Å². The zero-order chi connectivity index (χ0) is 13.0. The van der Waals surface area contributed by atoms with Gasteiger partial charge in [-0.05, 0) is 38.1 Å². The third-order valence-corrected chi connectivity index (χ3v) is 3.33. The van der Waals surface area contributed by atoms with Crippen LogP contribution >= 0.6 is 24.8 Å². The van der Waals surface area contributed by atoms with Crippen molar-refractivity contribution in [2.75, 3.05) is 26.7 Å². The number of aromatic nitrogens is 1. The Balaban J connectivity index is 0.00000180. The van der Waals surface area contributed by atoms with E-state index in [9.17, 15) is 4.79 Å². The number of nitrogens with zero attached hydrogens (tertiary/aromatic N) is 2. The van der Waals surface area contributed by atoms with E-state index in [1.54, 1.807) is 18.3 Å². The molecule has 0 aliphatic carbocycles. The summed E-state index contributed by atoms with van der Waals surface area (Å²) in [5.41, 5.74) is 6.88. The number of carbonyl (C=O) groups is 1. The first-order valence-electron chi connectivity index (χ1n) is 6.31. The smallest absolute Gasteiger partial charge is 0.251 e. The van der Waals surface area contributed by atoms with Gasteiger partial charge in [0, 0.05) is 31.4 Å². The SMILES string of the molecule is CN1CCC(CNC(=O)c2ccnc(CN)c2)C1.Cl.Cl. The molecule has 0 saturated carbocycles. The number of hydrogen-bond acceptors (Lipinski definition) is 4. The number of amides is 1. The predicted octanol–water partition coefficient (Wildman–Crippen LogP) is 1.07. The molecular formula is C13H22Cl2N4O. The molecule has 0 spiro atoms. The monoisotopic (exact) mass is 320 g/mol. The van der Waals surface area contributed by atoms with Crippen LogP contribution in [0.2, 0.25) is 0 Å². The van der Waals surface area contributed by atoms with Gasteiger partial charge in [-0.15, -0.1) is 24.8 Å². The zero-order valence-corrected chi connectivity index (χ0v) is 13.2. The number of halogens is 2. The summed E-state index contributed by atoms with van der Waals surface area (Å²) < 4.78 is 0. The molecule has 1 aromatic rings. The second kappa shape index (κ2) is 9.13. The summed E-state index contributed by atoms with van der Waals surface area (Å²) in [6.07, 6.45) is 2.78. The highest BCUT2D eigenvalue weighted by molar-refractivity contribution is 5.94. The minimum absolute atomic E-state index is 0. The normalized spacial score (nSPS) is 18.0. The molecule has 1 atom stereocenters. The van der Waals surface area contributed by atoms with Gasteiger partial charge < -0.3 is 16.0 Å². The number of nitrogens with two attached hydrogens (primary N) is 1. The Morgan fingerprint density at radius 1 is 1.55 bits per heavy atom. The highest BCUT2D eigenvalue weighted by Crippen LogP contribution is 2.13. The average molecular weight is 321 g/mol. The maximum absolute atomic E-state index is 12.0. The molecule has 1 fully saturated rings. The van der Waals surface area contributed by atoms with Crippen LogP contribution in [-0.2, 0) is 6.54 Å². The second-order valence-corrected chi connectivity index (χ2v) is 4.87. The van der Waals surface area contributed by atoms with Crippen molar-refractivity contribution in [3.05, 3.63) is 29.6 Å². The van der Waals surface area contributed by atoms with Crippen LogP contribution in [0.4, 0.5) is 0 Å². The Kier molecular flexibility index (Phi) is 8.73. The van der Waals surface area contributed by atoms with Crippen LogP contribution in [0.25, 0.3) is 0 Å². The molecule has 20 heavy (non-hydrogen) atoms. The Bertz CT molecular complexity index is 431. The van der Waals surface area contributed by atoms with Crippen LogP contribution in [0.3, 0.4) is 0 Å². The summed E-state index contributed by atoms with van der Waals surface area (Å²) in [6.45, 7) is 3.27. The van der Waals surface area contributed by atoms with Gasteiger partial charge in [0.25, 0.3) is 5.91 Å². The van der Waals surface area contributed by atoms with Crippen LogP contribution in [0, 0.1) is 5.92 Å². The summed E-state index contributed by atoms with van der Waals surface area (Å²) in [7, 11) is 2.11. The van der Waals surface area contributed by atoms with E-state index >= 15 is 0 Å². The van der Waals surface area contributed by atoms with Crippen molar-refractivity contribution in [2.45, 2.75) is 13.0 Å². The maximum atomic E-state index is 12.0. The fraction of sp³-hybridized carbons (Fsp3) is 0.538. The van der Waals surface area contributed by atoms with E-state index in [4.69, 9.17) is 5.73 Å². The molecule has 2 rings (SSSR count). The van der Waals surface area contributed by atoms with E-state index < -0.39 is 0 Å². The molecule has 1 aliphatic heterocycles. The van der Waals surface area contributed by atoms with Gasteiger partial charge in [0.2, 0.25) is 0 Å². The fourth-order valence-corrected chi connectivity index (χ4v) is 2.26. The Morgan fingerprint density at radius 3 is 2.90 bits per heavy atom. The summed E-state index contributed by atoms with van der Waals surface area (Å²) in [4.78, 5) is 18.3. The van der Waals surface area contributed by atoms with Gasteiger partial charge in [0.15, 0.2) is 0 Å². The molecular weight excluding hydrogens is 299 g/mol. The van der Waals surface area contributed by atoms with Gasteiger partial charge in [-0.1, -0.05) is 0 Å². The van der Waals surface area contributed by atoms with Gasteiger partial charge in [-0.3, -0.25) is 9.78 Å².